The van der Waals surface area contributed by atoms with Crippen LogP contribution in [-0.4, -0.2) is 53.0 Å². The Balaban J connectivity index is 1.50. The van der Waals surface area contributed by atoms with Gasteiger partial charge in [-0.25, -0.2) is 9.98 Å². The molecule has 2 atom stereocenters. The van der Waals surface area contributed by atoms with Crippen molar-refractivity contribution in [3.63, 3.8) is 0 Å². The summed E-state index contributed by atoms with van der Waals surface area (Å²) < 4.78 is 5.21. The number of guanidine groups is 1. The number of ether oxygens (including phenoxy) is 1. The number of aromatic amines is 1. The molecule has 3 heterocycles. The van der Waals surface area contributed by atoms with E-state index in [0.29, 0.717) is 18.2 Å². The smallest absolute Gasteiger partial charge is 0.280 e. The number of H-pyrrole nitrogens is 1. The van der Waals surface area contributed by atoms with Crippen LogP contribution in [0.15, 0.2) is 29.3 Å². The molecule has 134 valence electrons. The van der Waals surface area contributed by atoms with E-state index in [1.54, 1.807) is 19.1 Å². The van der Waals surface area contributed by atoms with Crippen molar-refractivity contribution >= 4 is 17.7 Å². The highest BCUT2D eigenvalue weighted by Gasteiger charge is 2.48. The van der Waals surface area contributed by atoms with Gasteiger partial charge in [0.2, 0.25) is 5.96 Å². The lowest BCUT2D eigenvalue weighted by Crippen LogP contribution is -2.51. The van der Waals surface area contributed by atoms with Gasteiger partial charge < -0.3 is 9.72 Å². The van der Waals surface area contributed by atoms with Gasteiger partial charge >= 0.3 is 0 Å². The quantitative estimate of drug-likeness (QED) is 0.920. The normalized spacial score (nSPS) is 23.6. The minimum absolute atomic E-state index is 0.0662. The van der Waals surface area contributed by atoms with Crippen LogP contribution in [0, 0.1) is 0 Å². The van der Waals surface area contributed by atoms with Crippen molar-refractivity contribution in [1.29, 1.82) is 0 Å². The summed E-state index contributed by atoms with van der Waals surface area (Å²) in [6.07, 6.45) is 4.01. The van der Waals surface area contributed by atoms with Gasteiger partial charge in [0.15, 0.2) is 5.82 Å². The molecular weight excluding hydrogens is 330 g/mol. The van der Waals surface area contributed by atoms with Gasteiger partial charge in [0, 0.05) is 13.5 Å². The van der Waals surface area contributed by atoms with E-state index in [1.807, 2.05) is 24.3 Å². The maximum atomic E-state index is 12.8. The second-order valence-electron chi connectivity index (χ2n) is 7.14. The van der Waals surface area contributed by atoms with E-state index in [4.69, 9.17) is 14.7 Å². The molecule has 0 spiro atoms. The van der Waals surface area contributed by atoms with Crippen LogP contribution in [0.5, 0.6) is 5.75 Å². The minimum Gasteiger partial charge on any atom is -0.497 e. The Kier molecular flexibility index (Phi) is 3.32. The van der Waals surface area contributed by atoms with Crippen molar-refractivity contribution in [3.05, 3.63) is 41.3 Å². The molecule has 0 saturated heterocycles. The predicted molar refractivity (Wildman–Crippen MR) is 97.8 cm³/mol. The Bertz CT molecular complexity index is 901. The third-order valence-electron chi connectivity index (χ3n) is 5.58. The zero-order valence-electron chi connectivity index (χ0n) is 14.9. The number of carbonyl (C=O) groups is 1. The number of amides is 1. The predicted octanol–water partition coefficient (Wildman–Crippen LogP) is 2.19. The minimum atomic E-state index is -0.0662. The van der Waals surface area contributed by atoms with E-state index < -0.39 is 0 Å². The summed E-state index contributed by atoms with van der Waals surface area (Å²) in [5.41, 5.74) is 1.69. The van der Waals surface area contributed by atoms with Crippen molar-refractivity contribution in [2.45, 2.75) is 37.8 Å². The fourth-order valence-electron chi connectivity index (χ4n) is 4.25. The largest absolute Gasteiger partial charge is 0.497 e. The summed E-state index contributed by atoms with van der Waals surface area (Å²) in [5.74, 6) is 3.05. The molecular formula is C19H21N5O2. The van der Waals surface area contributed by atoms with Crippen LogP contribution < -0.4 is 9.64 Å². The first-order valence-corrected chi connectivity index (χ1v) is 9.02. The lowest BCUT2D eigenvalue weighted by atomic mass is 10.1. The summed E-state index contributed by atoms with van der Waals surface area (Å²) in [6.45, 7) is 0. The Morgan fingerprint density at radius 3 is 2.85 bits per heavy atom. The van der Waals surface area contributed by atoms with E-state index in [0.717, 1.165) is 41.8 Å². The molecule has 1 N–H and O–H groups in total. The van der Waals surface area contributed by atoms with E-state index in [2.05, 4.69) is 9.88 Å². The van der Waals surface area contributed by atoms with Crippen LogP contribution in [0.3, 0.4) is 0 Å². The van der Waals surface area contributed by atoms with Gasteiger partial charge in [-0.3, -0.25) is 14.6 Å². The van der Waals surface area contributed by atoms with E-state index in [9.17, 15) is 4.79 Å². The third-order valence-corrected chi connectivity index (χ3v) is 5.58. The highest BCUT2D eigenvalue weighted by Crippen LogP contribution is 2.39. The number of hydrogen-bond donors (Lipinski definition) is 1. The van der Waals surface area contributed by atoms with Gasteiger partial charge in [-0.1, -0.05) is 12.1 Å². The van der Waals surface area contributed by atoms with Crippen LogP contribution in [0.4, 0.5) is 5.82 Å². The number of hydrogen-bond acceptors (Lipinski definition) is 5. The number of methoxy groups -OCH3 is 1. The molecule has 1 aliphatic carbocycles. The first-order valence-electron chi connectivity index (χ1n) is 9.02. The van der Waals surface area contributed by atoms with E-state index >= 15 is 0 Å². The summed E-state index contributed by atoms with van der Waals surface area (Å²) in [7, 11) is 3.45. The number of nitrogens with zero attached hydrogens (tertiary/aromatic N) is 4. The molecule has 26 heavy (non-hydrogen) atoms. The molecule has 0 unspecified atom stereocenters. The fraction of sp³-hybridized carbons (Fsp3) is 0.421. The number of benzene rings is 1. The maximum absolute atomic E-state index is 12.8. The molecule has 0 radical (unpaired) electrons. The standard InChI is InChI=1S/C19H21N5O2/c1-23-18(25)16-17(24-14-5-3-4-13(14)20-19(23)24)22-15(21-16)10-11-6-8-12(26-2)9-7-11/h6-9,13-14H,3-5,10H2,1-2H3,(H,21,22)/t13-,14+/m1/s1. The average molecular weight is 351 g/mol. The number of rotatable bonds is 3. The Morgan fingerprint density at radius 2 is 2.08 bits per heavy atom. The monoisotopic (exact) mass is 351 g/mol. The first-order chi connectivity index (χ1) is 12.7. The van der Waals surface area contributed by atoms with E-state index in [-0.39, 0.29) is 11.9 Å². The molecule has 7 heteroatoms. The van der Waals surface area contributed by atoms with Crippen LogP contribution in [0.25, 0.3) is 0 Å². The van der Waals surface area contributed by atoms with Crippen LogP contribution in [0.1, 0.15) is 41.1 Å². The number of fused-ring (bicyclic) bond motifs is 5. The highest BCUT2D eigenvalue weighted by atomic mass is 16.5. The second-order valence-corrected chi connectivity index (χ2v) is 7.14. The van der Waals surface area contributed by atoms with Gasteiger partial charge in [0.05, 0.1) is 19.2 Å². The second kappa shape index (κ2) is 5.59. The number of aliphatic imine (C=N–C) groups is 1. The molecule has 2 aromatic rings. The molecule has 1 aromatic carbocycles. The van der Waals surface area contributed by atoms with Gasteiger partial charge in [-0.15, -0.1) is 0 Å². The molecule has 7 nitrogen and oxygen atoms in total. The highest BCUT2D eigenvalue weighted by molar-refractivity contribution is 6.18. The van der Waals surface area contributed by atoms with Gasteiger partial charge in [0.1, 0.15) is 17.3 Å². The summed E-state index contributed by atoms with van der Waals surface area (Å²) in [6, 6.07) is 8.52. The SMILES string of the molecule is COc1ccc(Cc2nc3c([nH]2)C(=O)N(C)C2=N[C@@H]4CCC[C@@H]4N23)cc1. The molecule has 1 saturated carbocycles. The van der Waals surface area contributed by atoms with Crippen LogP contribution >= 0.6 is 0 Å². The average Bonchev–Trinajstić information content (AvgIpc) is 3.34. The number of nitrogens with one attached hydrogen (secondary N) is 1. The maximum Gasteiger partial charge on any atom is 0.280 e. The zero-order chi connectivity index (χ0) is 17.8. The van der Waals surface area contributed by atoms with Gasteiger partial charge in [0.25, 0.3) is 5.91 Å². The molecule has 1 fully saturated rings. The Labute approximate surface area is 151 Å². The van der Waals surface area contributed by atoms with Crippen LogP contribution in [-0.2, 0) is 6.42 Å². The molecule has 1 amide bonds. The van der Waals surface area contributed by atoms with Crippen molar-refractivity contribution in [2.75, 3.05) is 19.1 Å². The fourth-order valence-corrected chi connectivity index (χ4v) is 4.25. The topological polar surface area (TPSA) is 73.8 Å². The Morgan fingerprint density at radius 1 is 1.27 bits per heavy atom. The van der Waals surface area contributed by atoms with Crippen molar-refractivity contribution in [3.8, 4) is 5.75 Å². The molecule has 0 bridgehead atoms. The number of anilines is 1. The lowest BCUT2D eigenvalue weighted by Gasteiger charge is -2.33. The molecule has 1 aromatic heterocycles. The van der Waals surface area contributed by atoms with Crippen LogP contribution in [0.2, 0.25) is 0 Å². The number of imidazole rings is 1. The number of carbonyl (C=O) groups excluding carboxylic acids is 1. The molecule has 3 aliphatic rings. The van der Waals surface area contributed by atoms with Crippen molar-refractivity contribution < 1.29 is 9.53 Å². The molecule has 2 aliphatic heterocycles. The molecule has 5 rings (SSSR count). The third kappa shape index (κ3) is 2.16. The first kappa shape index (κ1) is 15.4. The van der Waals surface area contributed by atoms with Gasteiger partial charge in [-0.2, -0.15) is 0 Å². The summed E-state index contributed by atoms with van der Waals surface area (Å²) in [5, 5.41) is 0. The van der Waals surface area contributed by atoms with Crippen molar-refractivity contribution in [2.24, 2.45) is 4.99 Å². The lowest BCUT2D eigenvalue weighted by molar-refractivity contribution is 0.0859. The van der Waals surface area contributed by atoms with Gasteiger partial charge in [-0.05, 0) is 37.0 Å². The Hall–Kier alpha value is -2.83. The van der Waals surface area contributed by atoms with Crippen molar-refractivity contribution in [1.82, 2.24) is 14.9 Å². The zero-order valence-corrected chi connectivity index (χ0v) is 14.9. The summed E-state index contributed by atoms with van der Waals surface area (Å²) >= 11 is 0. The van der Waals surface area contributed by atoms with E-state index in [1.165, 1.54) is 6.42 Å². The summed E-state index contributed by atoms with van der Waals surface area (Å²) in [4.78, 5) is 29.4. The number of aromatic nitrogens is 2.